The van der Waals surface area contributed by atoms with Gasteiger partial charge in [0.15, 0.2) is 5.78 Å². The molecule has 2 rings (SSSR count). The molecule has 6 heteroatoms. The Kier molecular flexibility index (Phi) is 6.37. The van der Waals surface area contributed by atoms with E-state index in [9.17, 15) is 9.59 Å². The molecule has 0 aliphatic rings. The minimum Gasteiger partial charge on any atom is -0.468 e. The van der Waals surface area contributed by atoms with Crippen molar-refractivity contribution >= 4 is 35.0 Å². The SMILES string of the molecule is COC(=O)[C@@H](N)Cc1ccc(CC(=O)c2c(Cl)cccc2Cl)cc1. The van der Waals surface area contributed by atoms with Gasteiger partial charge < -0.3 is 10.5 Å². The van der Waals surface area contributed by atoms with Crippen LogP contribution < -0.4 is 5.73 Å². The number of esters is 1. The Hall–Kier alpha value is -1.88. The Morgan fingerprint density at radius 3 is 2.12 bits per heavy atom. The molecule has 0 unspecified atom stereocenters. The standard InChI is InChI=1S/C18H17Cl2NO3/c1-24-18(23)15(21)9-11-5-7-12(8-6-11)10-16(22)17-13(19)3-2-4-14(17)20/h2-8,15H,9-10,21H2,1H3/t15-/m0/s1. The highest BCUT2D eigenvalue weighted by atomic mass is 35.5. The van der Waals surface area contributed by atoms with Crippen LogP contribution in [0.25, 0.3) is 0 Å². The number of ether oxygens (including phenoxy) is 1. The summed E-state index contributed by atoms with van der Waals surface area (Å²) in [4.78, 5) is 23.7. The molecule has 0 aliphatic heterocycles. The number of carbonyl (C=O) groups is 2. The lowest BCUT2D eigenvalue weighted by atomic mass is 10.00. The molecule has 0 bridgehead atoms. The molecular formula is C18H17Cl2NO3. The first-order valence-electron chi connectivity index (χ1n) is 7.30. The fourth-order valence-electron chi connectivity index (χ4n) is 2.32. The van der Waals surface area contributed by atoms with E-state index in [2.05, 4.69) is 4.74 Å². The number of methoxy groups -OCH3 is 1. The first-order chi connectivity index (χ1) is 11.4. The molecule has 126 valence electrons. The smallest absolute Gasteiger partial charge is 0.322 e. The van der Waals surface area contributed by atoms with E-state index < -0.39 is 12.0 Å². The predicted octanol–water partition coefficient (Wildman–Crippen LogP) is 3.46. The molecule has 0 spiro atoms. The molecule has 2 N–H and O–H groups in total. The Morgan fingerprint density at radius 2 is 1.58 bits per heavy atom. The zero-order chi connectivity index (χ0) is 17.7. The van der Waals surface area contributed by atoms with Crippen LogP contribution in [0.2, 0.25) is 10.0 Å². The zero-order valence-corrected chi connectivity index (χ0v) is 14.6. The molecule has 4 nitrogen and oxygen atoms in total. The first kappa shape index (κ1) is 18.5. The third-order valence-corrected chi connectivity index (χ3v) is 4.22. The van der Waals surface area contributed by atoms with Gasteiger partial charge in [0.05, 0.1) is 22.7 Å². The molecule has 0 saturated carbocycles. The summed E-state index contributed by atoms with van der Waals surface area (Å²) in [7, 11) is 1.30. The van der Waals surface area contributed by atoms with Crippen LogP contribution in [0.4, 0.5) is 0 Å². The number of rotatable bonds is 6. The maximum atomic E-state index is 12.4. The summed E-state index contributed by atoms with van der Waals surface area (Å²) in [5.41, 5.74) is 7.78. The number of nitrogens with two attached hydrogens (primary N) is 1. The van der Waals surface area contributed by atoms with Gasteiger partial charge in [-0.05, 0) is 29.7 Å². The van der Waals surface area contributed by atoms with Crippen molar-refractivity contribution in [3.8, 4) is 0 Å². The van der Waals surface area contributed by atoms with Crippen molar-refractivity contribution in [2.45, 2.75) is 18.9 Å². The Labute approximate surface area is 150 Å². The van der Waals surface area contributed by atoms with Gasteiger partial charge in [-0.1, -0.05) is 53.5 Å². The molecule has 0 aliphatic carbocycles. The van der Waals surface area contributed by atoms with Crippen LogP contribution in [0, 0.1) is 0 Å². The van der Waals surface area contributed by atoms with Gasteiger partial charge in [-0.2, -0.15) is 0 Å². The summed E-state index contributed by atoms with van der Waals surface area (Å²) in [5, 5.41) is 0.682. The highest BCUT2D eigenvalue weighted by Gasteiger charge is 2.16. The fraction of sp³-hybridized carbons (Fsp3) is 0.222. The first-order valence-corrected chi connectivity index (χ1v) is 8.06. The van der Waals surface area contributed by atoms with Gasteiger partial charge in [0.1, 0.15) is 6.04 Å². The molecule has 2 aromatic rings. The fourth-order valence-corrected chi connectivity index (χ4v) is 2.93. The van der Waals surface area contributed by atoms with E-state index in [-0.39, 0.29) is 12.2 Å². The van der Waals surface area contributed by atoms with Crippen molar-refractivity contribution in [2.24, 2.45) is 5.73 Å². The van der Waals surface area contributed by atoms with Gasteiger partial charge >= 0.3 is 5.97 Å². The van der Waals surface area contributed by atoms with Crippen molar-refractivity contribution in [3.05, 3.63) is 69.2 Å². The van der Waals surface area contributed by atoms with Crippen molar-refractivity contribution in [3.63, 3.8) is 0 Å². The second-order valence-electron chi connectivity index (χ2n) is 5.35. The number of benzene rings is 2. The van der Waals surface area contributed by atoms with Gasteiger partial charge in [-0.25, -0.2) is 0 Å². The van der Waals surface area contributed by atoms with Crippen molar-refractivity contribution in [1.29, 1.82) is 0 Å². The minimum absolute atomic E-state index is 0.149. The molecule has 24 heavy (non-hydrogen) atoms. The molecule has 0 amide bonds. The topological polar surface area (TPSA) is 69.4 Å². The number of ketones is 1. The molecule has 0 saturated heterocycles. The highest BCUT2D eigenvalue weighted by Crippen LogP contribution is 2.25. The van der Waals surface area contributed by atoms with Crippen LogP contribution in [-0.2, 0) is 22.4 Å². The molecule has 1 atom stereocenters. The maximum Gasteiger partial charge on any atom is 0.322 e. The van der Waals surface area contributed by atoms with Crippen LogP contribution in [0.5, 0.6) is 0 Å². The molecule has 2 aromatic carbocycles. The van der Waals surface area contributed by atoms with Gasteiger partial charge in [0, 0.05) is 6.42 Å². The number of halogens is 2. The van der Waals surface area contributed by atoms with Gasteiger partial charge in [0.25, 0.3) is 0 Å². The minimum atomic E-state index is -0.704. The van der Waals surface area contributed by atoms with Crippen LogP contribution in [0.15, 0.2) is 42.5 Å². The van der Waals surface area contributed by atoms with E-state index in [1.54, 1.807) is 18.2 Å². The summed E-state index contributed by atoms with van der Waals surface area (Å²) in [6.07, 6.45) is 0.560. The molecule has 0 heterocycles. The number of hydrogen-bond donors (Lipinski definition) is 1. The monoisotopic (exact) mass is 365 g/mol. The Bertz CT molecular complexity index is 724. The Morgan fingerprint density at radius 1 is 1.04 bits per heavy atom. The van der Waals surface area contributed by atoms with E-state index in [0.717, 1.165) is 11.1 Å². The second kappa shape index (κ2) is 8.29. The van der Waals surface area contributed by atoms with Crippen LogP contribution in [-0.4, -0.2) is 24.9 Å². The molecule has 0 radical (unpaired) electrons. The largest absolute Gasteiger partial charge is 0.468 e. The normalized spacial score (nSPS) is 11.8. The van der Waals surface area contributed by atoms with E-state index in [1.165, 1.54) is 7.11 Å². The van der Waals surface area contributed by atoms with Crippen LogP contribution >= 0.6 is 23.2 Å². The van der Waals surface area contributed by atoms with Gasteiger partial charge in [-0.15, -0.1) is 0 Å². The molecule has 0 aromatic heterocycles. The summed E-state index contributed by atoms with van der Waals surface area (Å²) >= 11 is 12.1. The quantitative estimate of drug-likeness (QED) is 0.628. The molecule has 0 fully saturated rings. The highest BCUT2D eigenvalue weighted by molar-refractivity contribution is 6.39. The van der Waals surface area contributed by atoms with Crippen LogP contribution in [0.1, 0.15) is 21.5 Å². The van der Waals surface area contributed by atoms with Gasteiger partial charge in [0.2, 0.25) is 0 Å². The predicted molar refractivity (Wildman–Crippen MR) is 94.6 cm³/mol. The molecular weight excluding hydrogens is 349 g/mol. The summed E-state index contributed by atoms with van der Waals surface area (Å²) in [6.45, 7) is 0. The zero-order valence-electron chi connectivity index (χ0n) is 13.1. The summed E-state index contributed by atoms with van der Waals surface area (Å²) < 4.78 is 4.60. The van der Waals surface area contributed by atoms with Crippen molar-refractivity contribution in [1.82, 2.24) is 0 Å². The van der Waals surface area contributed by atoms with E-state index >= 15 is 0 Å². The summed E-state index contributed by atoms with van der Waals surface area (Å²) in [6, 6.07) is 11.6. The number of Topliss-reactive ketones (excluding diaryl/α,β-unsaturated/α-hetero) is 1. The number of hydrogen-bond acceptors (Lipinski definition) is 4. The maximum absolute atomic E-state index is 12.4. The van der Waals surface area contributed by atoms with E-state index in [0.29, 0.717) is 22.0 Å². The average molecular weight is 366 g/mol. The Balaban J connectivity index is 2.06. The van der Waals surface area contributed by atoms with Crippen molar-refractivity contribution in [2.75, 3.05) is 7.11 Å². The lowest BCUT2D eigenvalue weighted by Gasteiger charge is -2.10. The number of carbonyl (C=O) groups excluding carboxylic acids is 2. The van der Waals surface area contributed by atoms with Gasteiger partial charge in [-0.3, -0.25) is 9.59 Å². The van der Waals surface area contributed by atoms with Crippen molar-refractivity contribution < 1.29 is 14.3 Å². The third kappa shape index (κ3) is 4.57. The van der Waals surface area contributed by atoms with E-state index in [4.69, 9.17) is 28.9 Å². The second-order valence-corrected chi connectivity index (χ2v) is 6.16. The van der Waals surface area contributed by atoms with E-state index in [1.807, 2.05) is 24.3 Å². The average Bonchev–Trinajstić information content (AvgIpc) is 2.55. The van der Waals surface area contributed by atoms with Crippen LogP contribution in [0.3, 0.4) is 0 Å². The lowest BCUT2D eigenvalue weighted by molar-refractivity contribution is -0.142. The summed E-state index contributed by atoms with van der Waals surface area (Å²) in [5.74, 6) is -0.604. The lowest BCUT2D eigenvalue weighted by Crippen LogP contribution is -2.33. The third-order valence-electron chi connectivity index (χ3n) is 3.59.